The van der Waals surface area contributed by atoms with Gasteiger partial charge in [0.2, 0.25) is 5.91 Å². The largest absolute Gasteiger partial charge is 0.493 e. The highest BCUT2D eigenvalue weighted by Gasteiger charge is 2.22. The van der Waals surface area contributed by atoms with E-state index in [-0.39, 0.29) is 18.4 Å². The van der Waals surface area contributed by atoms with Crippen LogP contribution in [0.1, 0.15) is 65.9 Å². The van der Waals surface area contributed by atoms with Crippen molar-refractivity contribution in [2.45, 2.75) is 58.9 Å². The highest BCUT2D eigenvalue weighted by Crippen LogP contribution is 2.28. The molecule has 0 aliphatic carbocycles. The van der Waals surface area contributed by atoms with Crippen molar-refractivity contribution >= 4 is 23.2 Å². The normalized spacial score (nSPS) is 10.8. The summed E-state index contributed by atoms with van der Waals surface area (Å²) in [7, 11) is 3.23. The Morgan fingerprint density at radius 3 is 2.18 bits per heavy atom. The van der Waals surface area contributed by atoms with Crippen LogP contribution in [0.3, 0.4) is 0 Å². The fraction of sp³-hybridized carbons (Fsp3) is 0.438. The van der Waals surface area contributed by atoms with Gasteiger partial charge in [0.15, 0.2) is 11.5 Å². The molecule has 6 nitrogen and oxygen atoms in total. The van der Waals surface area contributed by atoms with E-state index in [0.29, 0.717) is 43.1 Å². The van der Waals surface area contributed by atoms with Gasteiger partial charge >= 0.3 is 0 Å². The number of hydrogen-bond acceptors (Lipinski definition) is 5. The van der Waals surface area contributed by atoms with Gasteiger partial charge in [-0.3, -0.25) is 9.59 Å². The Hall–Kier alpha value is -3.32. The van der Waals surface area contributed by atoms with Crippen molar-refractivity contribution in [3.8, 4) is 11.5 Å². The van der Waals surface area contributed by atoms with Gasteiger partial charge in [-0.25, -0.2) is 0 Å². The first-order chi connectivity index (χ1) is 19.0. The Morgan fingerprint density at radius 1 is 0.795 bits per heavy atom. The Kier molecular flexibility index (Phi) is 12.4. The molecule has 0 aliphatic heterocycles. The number of unbranched alkanes of at least 4 members (excludes halogenated alkanes) is 2. The van der Waals surface area contributed by atoms with E-state index in [0.717, 1.165) is 29.7 Å². The molecule has 0 atom stereocenters. The molecular weight excluding hydrogens is 508 g/mol. The molecule has 7 heteroatoms. The average Bonchev–Trinajstić information content (AvgIpc) is 3.48. The fourth-order valence-electron chi connectivity index (χ4n) is 4.54. The lowest BCUT2D eigenvalue weighted by molar-refractivity contribution is -0.132. The van der Waals surface area contributed by atoms with Gasteiger partial charge < -0.3 is 19.3 Å². The van der Waals surface area contributed by atoms with E-state index >= 15 is 0 Å². The Balaban J connectivity index is 1.71. The molecule has 2 amide bonds. The third kappa shape index (κ3) is 9.13. The minimum absolute atomic E-state index is 0.0538. The summed E-state index contributed by atoms with van der Waals surface area (Å²) in [6, 6.07) is 17.8. The van der Waals surface area contributed by atoms with E-state index in [1.807, 2.05) is 71.8 Å². The van der Waals surface area contributed by atoms with Crippen LogP contribution in [0, 0.1) is 0 Å². The average molecular weight is 551 g/mol. The number of methoxy groups -OCH3 is 2. The molecule has 1 heterocycles. The van der Waals surface area contributed by atoms with Gasteiger partial charge in [0.25, 0.3) is 5.91 Å². The number of ether oxygens (including phenoxy) is 2. The predicted molar refractivity (Wildman–Crippen MR) is 159 cm³/mol. The van der Waals surface area contributed by atoms with E-state index in [9.17, 15) is 9.59 Å². The van der Waals surface area contributed by atoms with Crippen LogP contribution in [0.4, 0.5) is 0 Å². The van der Waals surface area contributed by atoms with Gasteiger partial charge in [-0.05, 0) is 72.5 Å². The number of amides is 2. The molecule has 2 aromatic carbocycles. The maximum Gasteiger partial charge on any atom is 0.254 e. The number of carbonyl (C=O) groups excluding carboxylic acids is 2. The van der Waals surface area contributed by atoms with Crippen LogP contribution in [0.5, 0.6) is 11.5 Å². The Labute approximate surface area is 237 Å². The van der Waals surface area contributed by atoms with Crippen LogP contribution < -0.4 is 9.47 Å². The highest BCUT2D eigenvalue weighted by molar-refractivity contribution is 7.09. The van der Waals surface area contributed by atoms with Gasteiger partial charge in [-0.15, -0.1) is 11.3 Å². The second kappa shape index (κ2) is 15.9. The molecule has 0 saturated heterocycles. The first kappa shape index (κ1) is 30.2. The number of nitrogens with zero attached hydrogens (tertiary/aromatic N) is 2. The summed E-state index contributed by atoms with van der Waals surface area (Å²) in [5, 5.41) is 2.02. The van der Waals surface area contributed by atoms with Crippen molar-refractivity contribution in [2.24, 2.45) is 0 Å². The Morgan fingerprint density at radius 2 is 1.54 bits per heavy atom. The third-order valence-electron chi connectivity index (χ3n) is 6.77. The quantitative estimate of drug-likeness (QED) is 0.188. The summed E-state index contributed by atoms with van der Waals surface area (Å²) in [4.78, 5) is 31.7. The number of thiophene rings is 1. The molecule has 0 unspecified atom stereocenters. The second-order valence-corrected chi connectivity index (χ2v) is 10.7. The molecule has 0 bridgehead atoms. The minimum Gasteiger partial charge on any atom is -0.493 e. The van der Waals surface area contributed by atoms with Gasteiger partial charge in [0, 0.05) is 23.5 Å². The molecule has 1 aromatic heterocycles. The molecule has 210 valence electrons. The smallest absolute Gasteiger partial charge is 0.254 e. The lowest BCUT2D eigenvalue weighted by atomic mass is 10.0. The highest BCUT2D eigenvalue weighted by atomic mass is 32.1. The van der Waals surface area contributed by atoms with E-state index in [4.69, 9.17) is 9.47 Å². The van der Waals surface area contributed by atoms with Crippen molar-refractivity contribution in [2.75, 3.05) is 33.9 Å². The molecule has 3 aromatic rings. The van der Waals surface area contributed by atoms with Gasteiger partial charge in [0.05, 0.1) is 20.8 Å². The molecular formula is C32H42N2O4S. The molecule has 0 fully saturated rings. The van der Waals surface area contributed by atoms with Crippen LogP contribution in [-0.2, 0) is 24.2 Å². The maximum absolute atomic E-state index is 13.6. The third-order valence-corrected chi connectivity index (χ3v) is 7.64. The lowest BCUT2D eigenvalue weighted by Crippen LogP contribution is -2.43. The number of benzene rings is 2. The van der Waals surface area contributed by atoms with Crippen LogP contribution in [0.2, 0.25) is 0 Å². The van der Waals surface area contributed by atoms with Gasteiger partial charge in [-0.2, -0.15) is 0 Å². The molecule has 0 radical (unpaired) electrons. The zero-order chi connectivity index (χ0) is 28.0. The number of carbonyl (C=O) groups is 2. The van der Waals surface area contributed by atoms with Crippen LogP contribution in [-0.4, -0.2) is 55.5 Å². The topological polar surface area (TPSA) is 59.1 Å². The zero-order valence-electron chi connectivity index (χ0n) is 23.8. The molecule has 3 rings (SSSR count). The van der Waals surface area contributed by atoms with Gasteiger partial charge in [0.1, 0.15) is 6.54 Å². The fourth-order valence-corrected chi connectivity index (χ4v) is 5.26. The summed E-state index contributed by atoms with van der Waals surface area (Å²) >= 11 is 1.63. The van der Waals surface area contributed by atoms with E-state index < -0.39 is 0 Å². The zero-order valence-corrected chi connectivity index (χ0v) is 24.6. The molecule has 39 heavy (non-hydrogen) atoms. The van der Waals surface area contributed by atoms with Crippen LogP contribution >= 0.6 is 11.3 Å². The molecule has 0 aliphatic rings. The number of hydrogen-bond donors (Lipinski definition) is 0. The van der Waals surface area contributed by atoms with E-state index in [1.165, 1.54) is 18.4 Å². The van der Waals surface area contributed by atoms with Crippen molar-refractivity contribution in [3.63, 3.8) is 0 Å². The van der Waals surface area contributed by atoms with Gasteiger partial charge in [-0.1, -0.05) is 51.0 Å². The van der Waals surface area contributed by atoms with Crippen LogP contribution in [0.15, 0.2) is 60.0 Å². The first-order valence-corrected chi connectivity index (χ1v) is 14.8. The second-order valence-electron chi connectivity index (χ2n) is 9.71. The first-order valence-electron chi connectivity index (χ1n) is 13.9. The summed E-state index contributed by atoms with van der Waals surface area (Å²) in [6.45, 7) is 5.87. The van der Waals surface area contributed by atoms with Crippen molar-refractivity contribution < 1.29 is 19.1 Å². The predicted octanol–water partition coefficient (Wildman–Crippen LogP) is 6.62. The number of rotatable bonds is 16. The SMILES string of the molecule is CCCCCc1ccc(C(=O)N(CCC)CC(=O)N(CCc2ccc(OC)c(OC)c2)Cc2cccs2)cc1. The monoisotopic (exact) mass is 550 g/mol. The van der Waals surface area contributed by atoms with E-state index in [1.54, 1.807) is 30.5 Å². The molecule has 0 spiro atoms. The molecule has 0 N–H and O–H groups in total. The minimum atomic E-state index is -0.0960. The number of aryl methyl sites for hydroxylation is 1. The van der Waals surface area contributed by atoms with Crippen molar-refractivity contribution in [1.29, 1.82) is 0 Å². The van der Waals surface area contributed by atoms with Crippen molar-refractivity contribution in [3.05, 3.63) is 81.5 Å². The maximum atomic E-state index is 13.6. The van der Waals surface area contributed by atoms with E-state index in [2.05, 4.69) is 6.92 Å². The summed E-state index contributed by atoms with van der Waals surface area (Å²) in [6.07, 6.45) is 6.03. The standard InChI is InChI=1S/C32H42N2O4S/c1-5-7-8-10-25-12-15-27(16-13-25)32(36)34(19-6-2)24-31(35)33(23-28-11-9-21-39-28)20-18-26-14-17-29(37-3)30(22-26)38-4/h9,11-17,21-22H,5-8,10,18-20,23-24H2,1-4H3. The summed E-state index contributed by atoms with van der Waals surface area (Å²) in [5.74, 6) is 1.20. The van der Waals surface area contributed by atoms with Crippen molar-refractivity contribution in [1.82, 2.24) is 9.80 Å². The Bertz CT molecular complexity index is 1160. The summed E-state index contributed by atoms with van der Waals surface area (Å²) in [5.41, 5.74) is 2.93. The van der Waals surface area contributed by atoms with Crippen LogP contribution in [0.25, 0.3) is 0 Å². The molecule has 0 saturated carbocycles. The lowest BCUT2D eigenvalue weighted by Gasteiger charge is -2.27. The summed E-state index contributed by atoms with van der Waals surface area (Å²) < 4.78 is 10.8.